The smallest absolute Gasteiger partial charge is 0.231 e. The van der Waals surface area contributed by atoms with E-state index < -0.39 is 0 Å². The summed E-state index contributed by atoms with van der Waals surface area (Å²) in [6.07, 6.45) is 15.9. The van der Waals surface area contributed by atoms with Crippen LogP contribution in [0.4, 0.5) is 17.8 Å². The minimum Gasteiger partial charge on any atom is -0.396 e. The lowest BCUT2D eigenvalue weighted by atomic mass is 10.1. The van der Waals surface area contributed by atoms with Gasteiger partial charge in [-0.2, -0.15) is 15.0 Å². The molecule has 0 unspecified atom stereocenters. The second-order valence-corrected chi connectivity index (χ2v) is 7.74. The Morgan fingerprint density at radius 3 is 1.24 bits per heavy atom. The van der Waals surface area contributed by atoms with Gasteiger partial charge in [0.2, 0.25) is 17.8 Å². The van der Waals surface area contributed by atoms with E-state index in [1.54, 1.807) is 0 Å². The van der Waals surface area contributed by atoms with Crippen LogP contribution in [0.2, 0.25) is 0 Å². The van der Waals surface area contributed by atoms with Crippen LogP contribution in [-0.2, 0) is 0 Å². The highest BCUT2D eigenvalue weighted by Gasteiger charge is 2.11. The minimum atomic E-state index is 0.172. The molecule has 0 aliphatic carbocycles. The third-order valence-corrected chi connectivity index (χ3v) is 5.11. The quantitative estimate of drug-likeness (QED) is 0.255. The highest BCUT2D eigenvalue weighted by molar-refractivity contribution is 5.39. The van der Waals surface area contributed by atoms with Gasteiger partial charge in [0, 0.05) is 26.3 Å². The van der Waals surface area contributed by atoms with E-state index >= 15 is 0 Å². The van der Waals surface area contributed by atoms with Gasteiger partial charge in [-0.05, 0) is 25.7 Å². The molecule has 0 radical (unpaired) electrons. The van der Waals surface area contributed by atoms with Gasteiger partial charge < -0.3 is 26.6 Å². The number of nitrogens with zero attached hydrogens (tertiary/aromatic N) is 4. The Labute approximate surface area is 176 Å². The van der Waals surface area contributed by atoms with E-state index in [9.17, 15) is 0 Å². The summed E-state index contributed by atoms with van der Waals surface area (Å²) < 4.78 is 0. The first kappa shape index (κ1) is 25.4. The van der Waals surface area contributed by atoms with E-state index in [0.29, 0.717) is 19.2 Å². The molecule has 29 heavy (non-hydrogen) atoms. The molecule has 0 bridgehead atoms. The predicted octanol–water partition coefficient (Wildman–Crippen LogP) is 3.29. The van der Waals surface area contributed by atoms with Crippen molar-refractivity contribution in [2.75, 3.05) is 42.7 Å². The second-order valence-electron chi connectivity index (χ2n) is 7.74. The zero-order valence-corrected chi connectivity index (χ0v) is 18.1. The Bertz CT molecular complexity index is 478. The van der Waals surface area contributed by atoms with Crippen LogP contribution in [0.3, 0.4) is 0 Å². The lowest BCUT2D eigenvalue weighted by molar-refractivity contribution is 0.282. The van der Waals surface area contributed by atoms with Gasteiger partial charge in [0.25, 0.3) is 0 Å². The zero-order chi connectivity index (χ0) is 21.2. The van der Waals surface area contributed by atoms with Gasteiger partial charge in [0.05, 0.1) is 0 Å². The van der Waals surface area contributed by atoms with E-state index in [2.05, 4.69) is 19.9 Å². The molecular formula is C21H42N6O2. The minimum absolute atomic E-state index is 0.172. The summed E-state index contributed by atoms with van der Waals surface area (Å²) in [4.78, 5) is 14.6. The predicted molar refractivity (Wildman–Crippen MR) is 120 cm³/mol. The van der Waals surface area contributed by atoms with Crippen LogP contribution in [-0.4, -0.2) is 51.5 Å². The molecule has 1 heterocycles. The zero-order valence-electron chi connectivity index (χ0n) is 18.1. The lowest BCUT2D eigenvalue weighted by Gasteiger charge is -2.23. The summed E-state index contributed by atoms with van der Waals surface area (Å²) in [7, 11) is 0. The van der Waals surface area contributed by atoms with Crippen molar-refractivity contribution in [1.29, 1.82) is 0 Å². The van der Waals surface area contributed by atoms with Crippen molar-refractivity contribution in [3.63, 3.8) is 0 Å². The third-order valence-electron chi connectivity index (χ3n) is 5.11. The standard InChI is InChI=1S/C21H42N6O2/c22-19-24-20(23)26-21(25-19)27(15-11-7-3-1-5-9-13-17-28)16-12-8-4-2-6-10-14-18-29/h28-29H,1-18H2,(H4,22,23,24,25,26). The van der Waals surface area contributed by atoms with Crippen molar-refractivity contribution in [1.82, 2.24) is 15.0 Å². The molecule has 0 atom stereocenters. The maximum absolute atomic E-state index is 8.82. The SMILES string of the molecule is Nc1nc(N)nc(N(CCCCCCCCCO)CCCCCCCCCO)n1. The van der Waals surface area contributed by atoms with Crippen LogP contribution < -0.4 is 16.4 Å². The van der Waals surface area contributed by atoms with Crippen LogP contribution in [0.1, 0.15) is 89.9 Å². The Morgan fingerprint density at radius 2 is 0.862 bits per heavy atom. The third kappa shape index (κ3) is 13.2. The van der Waals surface area contributed by atoms with Gasteiger partial charge in [0.1, 0.15) is 0 Å². The molecule has 0 saturated carbocycles. The fourth-order valence-corrected chi connectivity index (χ4v) is 3.45. The molecule has 0 aromatic carbocycles. The first-order valence-electron chi connectivity index (χ1n) is 11.4. The summed E-state index contributed by atoms with van der Waals surface area (Å²) in [6.45, 7) is 2.40. The first-order valence-corrected chi connectivity index (χ1v) is 11.4. The monoisotopic (exact) mass is 410 g/mol. The van der Waals surface area contributed by atoms with E-state index in [-0.39, 0.29) is 11.9 Å². The summed E-state index contributed by atoms with van der Waals surface area (Å²) >= 11 is 0. The molecule has 8 heteroatoms. The van der Waals surface area contributed by atoms with Gasteiger partial charge >= 0.3 is 0 Å². The highest BCUT2D eigenvalue weighted by atomic mass is 16.3. The Morgan fingerprint density at radius 1 is 0.517 bits per heavy atom. The van der Waals surface area contributed by atoms with E-state index in [4.69, 9.17) is 21.7 Å². The van der Waals surface area contributed by atoms with E-state index in [1.807, 2.05) is 0 Å². The number of hydrogen-bond donors (Lipinski definition) is 4. The van der Waals surface area contributed by atoms with Crippen LogP contribution in [0.25, 0.3) is 0 Å². The largest absolute Gasteiger partial charge is 0.396 e. The topological polar surface area (TPSA) is 134 Å². The number of nitrogens with two attached hydrogens (primary N) is 2. The van der Waals surface area contributed by atoms with Crippen molar-refractivity contribution in [2.45, 2.75) is 89.9 Å². The molecule has 1 aromatic heterocycles. The molecule has 0 saturated heterocycles. The van der Waals surface area contributed by atoms with Crippen molar-refractivity contribution < 1.29 is 10.2 Å². The fourth-order valence-electron chi connectivity index (χ4n) is 3.45. The number of anilines is 3. The van der Waals surface area contributed by atoms with Gasteiger partial charge in [-0.25, -0.2) is 0 Å². The average molecular weight is 411 g/mol. The maximum atomic E-state index is 8.82. The van der Waals surface area contributed by atoms with Gasteiger partial charge in [-0.15, -0.1) is 0 Å². The number of rotatable bonds is 19. The van der Waals surface area contributed by atoms with Crippen LogP contribution in [0.15, 0.2) is 0 Å². The highest BCUT2D eigenvalue weighted by Crippen LogP contribution is 2.15. The number of unbranched alkanes of at least 4 members (excludes halogenated alkanes) is 12. The number of hydrogen-bond acceptors (Lipinski definition) is 8. The van der Waals surface area contributed by atoms with Gasteiger partial charge in [-0.3, -0.25) is 0 Å². The molecule has 6 N–H and O–H groups in total. The molecular weight excluding hydrogens is 368 g/mol. The molecule has 168 valence electrons. The van der Waals surface area contributed by atoms with Crippen LogP contribution in [0, 0.1) is 0 Å². The summed E-state index contributed by atoms with van der Waals surface area (Å²) in [5, 5.41) is 17.6. The molecule has 0 fully saturated rings. The summed E-state index contributed by atoms with van der Waals surface area (Å²) in [5.74, 6) is 0.927. The van der Waals surface area contributed by atoms with Crippen molar-refractivity contribution in [2.24, 2.45) is 0 Å². The van der Waals surface area contributed by atoms with Crippen molar-refractivity contribution >= 4 is 17.8 Å². The first-order chi connectivity index (χ1) is 14.2. The Balaban J connectivity index is 2.34. The van der Waals surface area contributed by atoms with Gasteiger partial charge in [-0.1, -0.05) is 64.2 Å². The molecule has 8 nitrogen and oxygen atoms in total. The molecule has 0 amide bonds. The van der Waals surface area contributed by atoms with Crippen LogP contribution >= 0.6 is 0 Å². The number of aromatic nitrogens is 3. The normalized spacial score (nSPS) is 11.1. The Kier molecular flexibility index (Phi) is 15.1. The number of nitrogen functional groups attached to an aromatic ring is 2. The Hall–Kier alpha value is -1.67. The maximum Gasteiger partial charge on any atom is 0.231 e. The average Bonchev–Trinajstić information content (AvgIpc) is 2.69. The summed E-state index contributed by atoms with van der Waals surface area (Å²) in [6, 6.07) is 0. The molecule has 1 aromatic rings. The number of aliphatic hydroxyl groups is 2. The molecule has 0 aliphatic rings. The molecule has 0 aliphatic heterocycles. The summed E-state index contributed by atoms with van der Waals surface area (Å²) in [5.41, 5.74) is 11.5. The lowest BCUT2D eigenvalue weighted by Crippen LogP contribution is -2.28. The molecule has 0 spiro atoms. The second kappa shape index (κ2) is 17.2. The van der Waals surface area contributed by atoms with E-state index in [0.717, 1.165) is 51.6 Å². The number of aliphatic hydroxyl groups excluding tert-OH is 2. The molecule has 1 rings (SSSR count). The fraction of sp³-hybridized carbons (Fsp3) is 0.857. The van der Waals surface area contributed by atoms with Crippen LogP contribution in [0.5, 0.6) is 0 Å². The van der Waals surface area contributed by atoms with Crippen molar-refractivity contribution in [3.8, 4) is 0 Å². The van der Waals surface area contributed by atoms with Crippen molar-refractivity contribution in [3.05, 3.63) is 0 Å². The van der Waals surface area contributed by atoms with E-state index in [1.165, 1.54) is 51.4 Å². The van der Waals surface area contributed by atoms with Gasteiger partial charge in [0.15, 0.2) is 0 Å².